The molecular weight excluding hydrogens is 300 g/mol. The zero-order chi connectivity index (χ0) is 12.4. The third-order valence-electron chi connectivity index (χ3n) is 2.80. The average molecular weight is 315 g/mol. The van der Waals surface area contributed by atoms with Gasteiger partial charge in [0, 0.05) is 11.9 Å². The molecule has 6 heteroatoms. The van der Waals surface area contributed by atoms with Gasteiger partial charge in [-0.15, -0.1) is 11.3 Å². The highest BCUT2D eigenvalue weighted by Gasteiger charge is 2.22. The van der Waals surface area contributed by atoms with Crippen LogP contribution in [0.15, 0.2) is 22.1 Å². The minimum Gasteiger partial charge on any atom is -0.270 e. The number of halogens is 1. The Kier molecular flexibility index (Phi) is 3.98. The monoisotopic (exact) mass is 314 g/mol. The van der Waals surface area contributed by atoms with E-state index in [9.17, 15) is 0 Å². The van der Waals surface area contributed by atoms with Crippen LogP contribution >= 0.6 is 27.3 Å². The van der Waals surface area contributed by atoms with Crippen LogP contribution in [0.3, 0.4) is 0 Å². The number of aryl methyl sites for hydroxylation is 2. The molecule has 0 aliphatic rings. The van der Waals surface area contributed by atoms with Crippen molar-refractivity contribution in [2.24, 2.45) is 12.9 Å². The molecule has 0 saturated heterocycles. The maximum Gasteiger partial charge on any atom is 0.0984 e. The van der Waals surface area contributed by atoms with E-state index in [4.69, 9.17) is 5.84 Å². The fraction of sp³-hybridized carbons (Fsp3) is 0.364. The van der Waals surface area contributed by atoms with Crippen molar-refractivity contribution in [2.75, 3.05) is 0 Å². The molecule has 0 aromatic carbocycles. The van der Waals surface area contributed by atoms with Crippen molar-refractivity contribution in [3.05, 3.63) is 38.3 Å². The van der Waals surface area contributed by atoms with E-state index in [2.05, 4.69) is 44.8 Å². The number of hydrazine groups is 1. The van der Waals surface area contributed by atoms with Gasteiger partial charge in [-0.3, -0.25) is 10.5 Å². The van der Waals surface area contributed by atoms with Crippen LogP contribution in [-0.4, -0.2) is 9.78 Å². The highest BCUT2D eigenvalue weighted by atomic mass is 79.9. The van der Waals surface area contributed by atoms with Crippen LogP contribution in [-0.2, 0) is 13.5 Å². The number of aromatic nitrogens is 2. The number of nitrogens with one attached hydrogen (secondary N) is 1. The molecule has 0 spiro atoms. The Balaban J connectivity index is 2.47. The molecule has 0 aliphatic carbocycles. The summed E-state index contributed by atoms with van der Waals surface area (Å²) in [5.41, 5.74) is 5.25. The summed E-state index contributed by atoms with van der Waals surface area (Å²) in [5.74, 6) is 5.71. The fourth-order valence-corrected chi connectivity index (χ4v) is 3.55. The molecular formula is C11H15BrN4S. The Morgan fingerprint density at radius 1 is 1.65 bits per heavy atom. The number of hydrogen-bond donors (Lipinski definition) is 2. The minimum absolute atomic E-state index is 0.0215. The van der Waals surface area contributed by atoms with Gasteiger partial charge in [0.1, 0.15) is 0 Å². The molecule has 0 amide bonds. The van der Waals surface area contributed by atoms with Gasteiger partial charge in [-0.2, -0.15) is 5.10 Å². The van der Waals surface area contributed by atoms with Crippen molar-refractivity contribution >= 4 is 27.3 Å². The standard InChI is InChI=1S/C11H15BrN4S/c1-3-7-4-5-17-11(7)9(15-13)10-8(12)6-14-16(10)2/h4-6,9,15H,3,13H2,1-2H3. The fourth-order valence-electron chi connectivity index (χ4n) is 1.92. The van der Waals surface area contributed by atoms with E-state index >= 15 is 0 Å². The molecule has 0 bridgehead atoms. The first-order valence-corrected chi connectivity index (χ1v) is 7.06. The second-order valence-corrected chi connectivity index (χ2v) is 5.57. The first-order chi connectivity index (χ1) is 8.19. The van der Waals surface area contributed by atoms with Crippen LogP contribution in [0, 0.1) is 0 Å². The summed E-state index contributed by atoms with van der Waals surface area (Å²) in [6.07, 6.45) is 2.80. The second-order valence-electron chi connectivity index (χ2n) is 3.76. The van der Waals surface area contributed by atoms with Gasteiger partial charge in [-0.05, 0) is 39.4 Å². The Morgan fingerprint density at radius 3 is 2.94 bits per heavy atom. The van der Waals surface area contributed by atoms with Crippen LogP contribution in [0.5, 0.6) is 0 Å². The molecule has 2 rings (SSSR count). The van der Waals surface area contributed by atoms with Crippen LogP contribution in [0.4, 0.5) is 0 Å². The van der Waals surface area contributed by atoms with Gasteiger partial charge in [-0.25, -0.2) is 5.43 Å². The van der Waals surface area contributed by atoms with E-state index < -0.39 is 0 Å². The van der Waals surface area contributed by atoms with Gasteiger partial charge in [0.05, 0.1) is 22.4 Å². The number of nitrogens with two attached hydrogens (primary N) is 1. The van der Waals surface area contributed by atoms with Gasteiger partial charge < -0.3 is 0 Å². The van der Waals surface area contributed by atoms with E-state index in [1.54, 1.807) is 17.5 Å². The predicted octanol–water partition coefficient (Wildman–Crippen LogP) is 2.36. The molecule has 2 heterocycles. The summed E-state index contributed by atoms with van der Waals surface area (Å²) in [5, 5.41) is 6.33. The Morgan fingerprint density at radius 2 is 2.41 bits per heavy atom. The summed E-state index contributed by atoms with van der Waals surface area (Å²) in [4.78, 5) is 1.25. The molecule has 0 aliphatic heterocycles. The quantitative estimate of drug-likeness (QED) is 0.673. The molecule has 3 N–H and O–H groups in total. The Bertz CT molecular complexity index is 486. The molecule has 0 fully saturated rings. The van der Waals surface area contributed by atoms with Gasteiger partial charge >= 0.3 is 0 Å². The highest BCUT2D eigenvalue weighted by Crippen LogP contribution is 2.32. The normalized spacial score (nSPS) is 12.9. The first-order valence-electron chi connectivity index (χ1n) is 5.38. The molecule has 1 unspecified atom stereocenters. The third kappa shape index (κ3) is 2.30. The number of hydrogen-bond acceptors (Lipinski definition) is 4. The number of nitrogens with zero attached hydrogens (tertiary/aromatic N) is 2. The molecule has 4 nitrogen and oxygen atoms in total. The van der Waals surface area contributed by atoms with Gasteiger partial charge in [0.15, 0.2) is 0 Å². The molecule has 1 atom stereocenters. The summed E-state index contributed by atoms with van der Waals surface area (Å²) in [7, 11) is 1.92. The molecule has 92 valence electrons. The summed E-state index contributed by atoms with van der Waals surface area (Å²) >= 11 is 5.23. The molecule has 0 saturated carbocycles. The van der Waals surface area contributed by atoms with Crippen molar-refractivity contribution < 1.29 is 0 Å². The Hall–Kier alpha value is -0.690. The van der Waals surface area contributed by atoms with Gasteiger partial charge in [-0.1, -0.05) is 6.92 Å². The molecule has 17 heavy (non-hydrogen) atoms. The van der Waals surface area contributed by atoms with Crippen LogP contribution in [0.1, 0.15) is 29.1 Å². The van der Waals surface area contributed by atoms with Gasteiger partial charge in [0.2, 0.25) is 0 Å². The largest absolute Gasteiger partial charge is 0.270 e. The summed E-state index contributed by atoms with van der Waals surface area (Å²) in [6.45, 7) is 2.15. The van der Waals surface area contributed by atoms with E-state index in [-0.39, 0.29) is 6.04 Å². The zero-order valence-corrected chi connectivity index (χ0v) is 12.2. The van der Waals surface area contributed by atoms with Crippen molar-refractivity contribution in [3.8, 4) is 0 Å². The van der Waals surface area contributed by atoms with Crippen LogP contribution < -0.4 is 11.3 Å². The third-order valence-corrected chi connectivity index (χ3v) is 4.44. The van der Waals surface area contributed by atoms with E-state index in [0.29, 0.717) is 0 Å². The first kappa shape index (κ1) is 12.8. The molecule has 2 aromatic heterocycles. The summed E-state index contributed by atoms with van der Waals surface area (Å²) < 4.78 is 2.81. The zero-order valence-electron chi connectivity index (χ0n) is 9.77. The SMILES string of the molecule is CCc1ccsc1C(NN)c1c(Br)cnn1C. The van der Waals surface area contributed by atoms with E-state index in [1.807, 2.05) is 11.7 Å². The highest BCUT2D eigenvalue weighted by molar-refractivity contribution is 9.10. The second kappa shape index (κ2) is 5.30. The topological polar surface area (TPSA) is 55.9 Å². The van der Waals surface area contributed by atoms with Crippen molar-refractivity contribution in [1.29, 1.82) is 0 Å². The van der Waals surface area contributed by atoms with Crippen molar-refractivity contribution in [1.82, 2.24) is 15.2 Å². The molecule has 2 aromatic rings. The lowest BCUT2D eigenvalue weighted by molar-refractivity contribution is 0.577. The van der Waals surface area contributed by atoms with E-state index in [1.165, 1.54) is 10.4 Å². The van der Waals surface area contributed by atoms with Crippen molar-refractivity contribution in [3.63, 3.8) is 0 Å². The van der Waals surface area contributed by atoms with Crippen molar-refractivity contribution in [2.45, 2.75) is 19.4 Å². The maximum absolute atomic E-state index is 5.71. The summed E-state index contributed by atoms with van der Waals surface area (Å²) in [6, 6.07) is 2.13. The number of thiophene rings is 1. The molecule has 0 radical (unpaired) electrons. The van der Waals surface area contributed by atoms with E-state index in [0.717, 1.165) is 16.6 Å². The lowest BCUT2D eigenvalue weighted by Gasteiger charge is -2.17. The van der Waals surface area contributed by atoms with Crippen LogP contribution in [0.2, 0.25) is 0 Å². The number of rotatable bonds is 4. The average Bonchev–Trinajstić information content (AvgIpc) is 2.91. The van der Waals surface area contributed by atoms with Gasteiger partial charge in [0.25, 0.3) is 0 Å². The maximum atomic E-state index is 5.71. The van der Waals surface area contributed by atoms with Crippen LogP contribution in [0.25, 0.3) is 0 Å². The smallest absolute Gasteiger partial charge is 0.0984 e. The lowest BCUT2D eigenvalue weighted by Crippen LogP contribution is -2.30. The Labute approximate surface area is 113 Å². The minimum atomic E-state index is -0.0215. The lowest BCUT2D eigenvalue weighted by atomic mass is 10.1. The predicted molar refractivity (Wildman–Crippen MR) is 73.8 cm³/mol.